The number of carbonyl (C=O) groups excluding carboxylic acids is 1. The second-order valence-corrected chi connectivity index (χ2v) is 7.14. The summed E-state index contributed by atoms with van der Waals surface area (Å²) in [5, 5.41) is 4.88. The molecule has 3 N–H and O–H groups in total. The average Bonchev–Trinajstić information content (AvgIpc) is 3.07. The predicted octanol–water partition coefficient (Wildman–Crippen LogP) is 2.75. The molecule has 0 atom stereocenters. The highest BCUT2D eigenvalue weighted by molar-refractivity contribution is 9.10. The van der Waals surface area contributed by atoms with E-state index >= 15 is 0 Å². The van der Waals surface area contributed by atoms with Crippen LogP contribution in [-0.4, -0.2) is 34.4 Å². The second kappa shape index (κ2) is 6.69. The van der Waals surface area contributed by atoms with E-state index in [-0.39, 0.29) is 18.1 Å². The number of nitrogens with zero attached hydrogens (tertiary/aromatic N) is 1. The molecule has 3 aromatic rings. The molecule has 0 bridgehead atoms. The molecule has 1 aromatic carbocycles. The number of likely N-dealkylation sites (N-methyl/N-ethyl adjacent to an activating group) is 1. The van der Waals surface area contributed by atoms with Crippen molar-refractivity contribution in [2.45, 2.75) is 6.54 Å². The zero-order valence-electron chi connectivity index (χ0n) is 12.4. The van der Waals surface area contributed by atoms with Gasteiger partial charge in [-0.05, 0) is 46.6 Å². The van der Waals surface area contributed by atoms with Crippen LogP contribution in [0.1, 0.15) is 4.88 Å². The molecule has 0 radical (unpaired) electrons. The van der Waals surface area contributed by atoms with E-state index in [1.807, 2.05) is 29.5 Å². The number of thiophene rings is 1. The number of carbonyl (C=O) groups is 1. The number of hydrogen-bond acceptors (Lipinski definition) is 4. The molecule has 0 saturated carbocycles. The number of H-pyrrole nitrogens is 2. The fraction of sp³-hybridized carbons (Fsp3) is 0.200. The standard InChI is InChI=1S/C15H15BrN4O2S/c1-20(7-9-3-2-4-23-9)8-14(21)17-11-6-13-12(5-10(11)16)18-15(22)19-13/h2-6H,7-8H2,1H3,(H,17,21)(H2,18,19,22). The lowest BCUT2D eigenvalue weighted by Crippen LogP contribution is -2.29. The molecule has 3 rings (SSSR count). The molecular formula is C15H15BrN4O2S. The van der Waals surface area contributed by atoms with Gasteiger partial charge < -0.3 is 15.3 Å². The summed E-state index contributed by atoms with van der Waals surface area (Å²) in [6.45, 7) is 1.02. The van der Waals surface area contributed by atoms with Crippen LogP contribution >= 0.6 is 27.3 Å². The van der Waals surface area contributed by atoms with Crippen LogP contribution in [0.25, 0.3) is 11.0 Å². The van der Waals surface area contributed by atoms with Crippen LogP contribution in [-0.2, 0) is 11.3 Å². The lowest BCUT2D eigenvalue weighted by atomic mass is 10.2. The van der Waals surface area contributed by atoms with Gasteiger partial charge in [0.2, 0.25) is 5.91 Å². The lowest BCUT2D eigenvalue weighted by molar-refractivity contribution is -0.117. The fourth-order valence-electron chi connectivity index (χ4n) is 2.31. The van der Waals surface area contributed by atoms with Crippen LogP contribution in [0.5, 0.6) is 0 Å². The highest BCUT2D eigenvalue weighted by Crippen LogP contribution is 2.26. The molecule has 0 unspecified atom stereocenters. The number of anilines is 1. The first-order valence-corrected chi connectivity index (χ1v) is 8.61. The molecular weight excluding hydrogens is 380 g/mol. The molecule has 2 aromatic heterocycles. The molecule has 0 aliphatic heterocycles. The number of aromatic amines is 2. The summed E-state index contributed by atoms with van der Waals surface area (Å²) in [6.07, 6.45) is 0. The largest absolute Gasteiger partial charge is 0.324 e. The van der Waals surface area contributed by atoms with Gasteiger partial charge in [-0.1, -0.05) is 6.07 Å². The normalized spacial score (nSPS) is 11.3. The highest BCUT2D eigenvalue weighted by atomic mass is 79.9. The van der Waals surface area contributed by atoms with Gasteiger partial charge in [0.1, 0.15) is 0 Å². The number of nitrogens with one attached hydrogen (secondary N) is 3. The second-order valence-electron chi connectivity index (χ2n) is 5.26. The molecule has 6 nitrogen and oxygen atoms in total. The molecule has 8 heteroatoms. The number of benzene rings is 1. The molecule has 0 spiro atoms. The number of amides is 1. The Morgan fingerprint density at radius 3 is 2.78 bits per heavy atom. The molecule has 0 saturated heterocycles. The summed E-state index contributed by atoms with van der Waals surface area (Å²) in [6, 6.07) is 7.54. The van der Waals surface area contributed by atoms with E-state index < -0.39 is 0 Å². The molecule has 2 heterocycles. The van der Waals surface area contributed by atoms with Crippen molar-refractivity contribution in [3.05, 3.63) is 49.5 Å². The minimum atomic E-state index is -0.272. The van der Waals surface area contributed by atoms with Gasteiger partial charge in [-0.15, -0.1) is 11.3 Å². The maximum Gasteiger partial charge on any atom is 0.323 e. The van der Waals surface area contributed by atoms with Gasteiger partial charge in [-0.2, -0.15) is 0 Å². The molecule has 23 heavy (non-hydrogen) atoms. The number of hydrogen-bond donors (Lipinski definition) is 3. The van der Waals surface area contributed by atoms with E-state index in [2.05, 4.69) is 31.2 Å². The van der Waals surface area contributed by atoms with Gasteiger partial charge in [0, 0.05) is 15.9 Å². The first-order chi connectivity index (χ1) is 11.0. The Morgan fingerprint density at radius 1 is 1.35 bits per heavy atom. The van der Waals surface area contributed by atoms with Gasteiger partial charge >= 0.3 is 5.69 Å². The quantitative estimate of drug-likeness (QED) is 0.622. The summed E-state index contributed by atoms with van der Waals surface area (Å²) in [4.78, 5) is 32.0. The summed E-state index contributed by atoms with van der Waals surface area (Å²) in [7, 11) is 1.90. The monoisotopic (exact) mass is 394 g/mol. The smallest absolute Gasteiger partial charge is 0.323 e. The number of fused-ring (bicyclic) bond motifs is 1. The van der Waals surface area contributed by atoms with Crippen LogP contribution in [0.3, 0.4) is 0 Å². The van der Waals surface area contributed by atoms with E-state index in [0.29, 0.717) is 16.7 Å². The number of aromatic nitrogens is 2. The Morgan fingerprint density at radius 2 is 2.09 bits per heavy atom. The van der Waals surface area contributed by atoms with Crippen molar-refractivity contribution in [2.75, 3.05) is 18.9 Å². The molecule has 0 aliphatic rings. The van der Waals surface area contributed by atoms with Crippen molar-refractivity contribution in [1.29, 1.82) is 0 Å². The van der Waals surface area contributed by atoms with Crippen molar-refractivity contribution in [2.24, 2.45) is 0 Å². The van der Waals surface area contributed by atoms with Crippen LogP contribution in [0.15, 0.2) is 38.9 Å². The van der Waals surface area contributed by atoms with Gasteiger partial charge in [0.15, 0.2) is 0 Å². The number of halogens is 1. The average molecular weight is 395 g/mol. The summed E-state index contributed by atoms with van der Waals surface area (Å²) in [5.74, 6) is -0.109. The van der Waals surface area contributed by atoms with Crippen molar-refractivity contribution < 1.29 is 4.79 Å². The summed E-state index contributed by atoms with van der Waals surface area (Å²) in [5.41, 5.74) is 1.70. The Hall–Kier alpha value is -1.90. The van der Waals surface area contributed by atoms with Crippen LogP contribution in [0.2, 0.25) is 0 Å². The third-order valence-electron chi connectivity index (χ3n) is 3.30. The molecule has 0 fully saturated rings. The molecule has 120 valence electrons. The maximum atomic E-state index is 12.2. The molecule has 1 amide bonds. The van der Waals surface area contributed by atoms with E-state index in [0.717, 1.165) is 11.0 Å². The SMILES string of the molecule is CN(CC(=O)Nc1cc2[nH]c(=O)[nH]c2cc1Br)Cc1cccs1. The first-order valence-electron chi connectivity index (χ1n) is 6.93. The van der Waals surface area contributed by atoms with Gasteiger partial charge in [-0.25, -0.2) is 4.79 Å². The third-order valence-corrected chi connectivity index (χ3v) is 4.81. The number of rotatable bonds is 5. The van der Waals surface area contributed by atoms with Crippen LogP contribution in [0.4, 0.5) is 5.69 Å². The van der Waals surface area contributed by atoms with Crippen LogP contribution < -0.4 is 11.0 Å². The van der Waals surface area contributed by atoms with E-state index in [1.54, 1.807) is 23.5 Å². The maximum absolute atomic E-state index is 12.2. The van der Waals surface area contributed by atoms with Gasteiger partial charge in [-0.3, -0.25) is 9.69 Å². The van der Waals surface area contributed by atoms with E-state index in [9.17, 15) is 9.59 Å². The minimum absolute atomic E-state index is 0.109. The number of imidazole rings is 1. The minimum Gasteiger partial charge on any atom is -0.324 e. The van der Waals surface area contributed by atoms with Gasteiger partial charge in [0.05, 0.1) is 23.3 Å². The first kappa shape index (κ1) is 16.0. The predicted molar refractivity (Wildman–Crippen MR) is 95.9 cm³/mol. The summed E-state index contributed by atoms with van der Waals surface area (Å²) >= 11 is 5.08. The zero-order chi connectivity index (χ0) is 16.4. The Bertz CT molecular complexity index is 885. The van der Waals surface area contributed by atoms with E-state index in [4.69, 9.17) is 0 Å². The Labute approximate surface area is 144 Å². The topological polar surface area (TPSA) is 81.0 Å². The van der Waals surface area contributed by atoms with E-state index in [1.165, 1.54) is 4.88 Å². The highest BCUT2D eigenvalue weighted by Gasteiger charge is 2.11. The van der Waals surface area contributed by atoms with Gasteiger partial charge in [0.25, 0.3) is 0 Å². The van der Waals surface area contributed by atoms with Crippen molar-refractivity contribution in [1.82, 2.24) is 14.9 Å². The fourth-order valence-corrected chi connectivity index (χ4v) is 3.54. The van der Waals surface area contributed by atoms with Crippen molar-refractivity contribution in [3.63, 3.8) is 0 Å². The Balaban J connectivity index is 1.67. The Kier molecular flexibility index (Phi) is 4.65. The van der Waals surface area contributed by atoms with Crippen molar-refractivity contribution >= 4 is 49.9 Å². The van der Waals surface area contributed by atoms with Crippen LogP contribution in [0, 0.1) is 0 Å². The summed E-state index contributed by atoms with van der Waals surface area (Å²) < 4.78 is 0.717. The lowest BCUT2D eigenvalue weighted by Gasteiger charge is -2.15. The molecule has 0 aliphatic carbocycles. The third kappa shape index (κ3) is 3.90. The van der Waals surface area contributed by atoms with Crippen molar-refractivity contribution in [3.8, 4) is 0 Å². The zero-order valence-corrected chi connectivity index (χ0v) is 14.8.